The van der Waals surface area contributed by atoms with E-state index in [0.717, 1.165) is 21.3 Å². The van der Waals surface area contributed by atoms with Gasteiger partial charge in [-0.05, 0) is 17.5 Å². The van der Waals surface area contributed by atoms with Crippen LogP contribution in [0.3, 0.4) is 0 Å². The zero-order chi connectivity index (χ0) is 11.6. The molecular formula is C12H17BrO2. The monoisotopic (exact) mass is 272 g/mol. The summed E-state index contributed by atoms with van der Waals surface area (Å²) in [7, 11) is 1.64. The molecule has 0 aliphatic rings. The quantitative estimate of drug-likeness (QED) is 0.896. The molecule has 0 unspecified atom stereocenters. The van der Waals surface area contributed by atoms with Crippen LogP contribution in [0.4, 0.5) is 0 Å². The zero-order valence-corrected chi connectivity index (χ0v) is 11.2. The number of halogens is 1. The van der Waals surface area contributed by atoms with Crippen LogP contribution in [0.2, 0.25) is 0 Å². The molecule has 15 heavy (non-hydrogen) atoms. The summed E-state index contributed by atoms with van der Waals surface area (Å²) >= 11 is 3.44. The van der Waals surface area contributed by atoms with E-state index in [-0.39, 0.29) is 12.0 Å². The predicted octanol–water partition coefficient (Wildman–Crippen LogP) is 3.25. The van der Waals surface area contributed by atoms with Crippen molar-refractivity contribution in [3.05, 3.63) is 27.7 Å². The first-order chi connectivity index (χ1) is 6.90. The lowest BCUT2D eigenvalue weighted by Gasteiger charge is -2.24. The Hall–Kier alpha value is -0.540. The lowest BCUT2D eigenvalue weighted by Crippen LogP contribution is -2.14. The third-order valence-corrected chi connectivity index (χ3v) is 2.77. The minimum atomic E-state index is -0.00824. The van der Waals surface area contributed by atoms with Gasteiger partial charge in [-0.25, -0.2) is 0 Å². The van der Waals surface area contributed by atoms with Crippen LogP contribution in [-0.4, -0.2) is 12.2 Å². The maximum absolute atomic E-state index is 9.26. The topological polar surface area (TPSA) is 29.5 Å². The number of aliphatic hydroxyl groups excluding tert-OH is 1. The van der Waals surface area contributed by atoms with E-state index >= 15 is 0 Å². The molecule has 0 bridgehead atoms. The van der Waals surface area contributed by atoms with Gasteiger partial charge < -0.3 is 9.84 Å². The van der Waals surface area contributed by atoms with Crippen molar-refractivity contribution in [3.8, 4) is 5.75 Å². The molecule has 0 atom stereocenters. The maximum atomic E-state index is 9.26. The van der Waals surface area contributed by atoms with Crippen LogP contribution in [-0.2, 0) is 12.0 Å². The summed E-state index contributed by atoms with van der Waals surface area (Å²) in [6, 6.07) is 3.92. The first-order valence-electron chi connectivity index (χ1n) is 4.88. The van der Waals surface area contributed by atoms with Crippen molar-refractivity contribution in [2.45, 2.75) is 32.8 Å². The Morgan fingerprint density at radius 2 is 1.93 bits per heavy atom. The van der Waals surface area contributed by atoms with E-state index in [1.165, 1.54) is 0 Å². The molecule has 2 nitrogen and oxygen atoms in total. The molecule has 0 aliphatic heterocycles. The van der Waals surface area contributed by atoms with Crippen LogP contribution in [0.25, 0.3) is 0 Å². The van der Waals surface area contributed by atoms with E-state index in [4.69, 9.17) is 4.74 Å². The average molecular weight is 273 g/mol. The van der Waals surface area contributed by atoms with E-state index in [0.29, 0.717) is 0 Å². The van der Waals surface area contributed by atoms with Gasteiger partial charge in [0.15, 0.2) is 0 Å². The Balaban J connectivity index is 3.42. The smallest absolute Gasteiger partial charge is 0.128 e. The number of ether oxygens (including phenoxy) is 1. The molecule has 0 aromatic heterocycles. The minimum absolute atomic E-state index is 0.000949. The molecule has 1 N–H and O–H groups in total. The van der Waals surface area contributed by atoms with Gasteiger partial charge in [0.1, 0.15) is 5.75 Å². The van der Waals surface area contributed by atoms with Gasteiger partial charge in [-0.15, -0.1) is 0 Å². The Morgan fingerprint density at radius 1 is 1.33 bits per heavy atom. The van der Waals surface area contributed by atoms with Gasteiger partial charge in [0.25, 0.3) is 0 Å². The highest BCUT2D eigenvalue weighted by Crippen LogP contribution is 2.36. The van der Waals surface area contributed by atoms with Gasteiger partial charge in [-0.1, -0.05) is 36.7 Å². The molecule has 0 radical (unpaired) electrons. The maximum Gasteiger partial charge on any atom is 0.128 e. The fraction of sp³-hybridized carbons (Fsp3) is 0.500. The molecule has 0 spiro atoms. The van der Waals surface area contributed by atoms with E-state index in [9.17, 15) is 5.11 Å². The Kier molecular flexibility index (Phi) is 3.79. The number of rotatable bonds is 2. The fourth-order valence-corrected chi connectivity index (χ4v) is 2.07. The van der Waals surface area contributed by atoms with Crippen LogP contribution in [0.15, 0.2) is 16.6 Å². The molecule has 0 saturated heterocycles. The second kappa shape index (κ2) is 4.54. The van der Waals surface area contributed by atoms with Crippen molar-refractivity contribution in [2.75, 3.05) is 7.11 Å². The van der Waals surface area contributed by atoms with Crippen LogP contribution < -0.4 is 4.74 Å². The standard InChI is InChI=1S/C12H17BrO2/c1-12(2,3)10-6-9(13)5-8(7-14)11(10)15-4/h5-6,14H,7H2,1-4H3. The molecule has 1 rings (SSSR count). The molecular weight excluding hydrogens is 256 g/mol. The number of aliphatic hydroxyl groups is 1. The van der Waals surface area contributed by atoms with Crippen molar-refractivity contribution in [2.24, 2.45) is 0 Å². The molecule has 84 valence electrons. The van der Waals surface area contributed by atoms with Crippen molar-refractivity contribution >= 4 is 15.9 Å². The highest BCUT2D eigenvalue weighted by Gasteiger charge is 2.21. The van der Waals surface area contributed by atoms with Crippen LogP contribution >= 0.6 is 15.9 Å². The first-order valence-corrected chi connectivity index (χ1v) is 5.67. The van der Waals surface area contributed by atoms with Crippen molar-refractivity contribution in [1.29, 1.82) is 0 Å². The van der Waals surface area contributed by atoms with Crippen molar-refractivity contribution in [3.63, 3.8) is 0 Å². The number of benzene rings is 1. The van der Waals surface area contributed by atoms with Gasteiger partial charge in [-0.3, -0.25) is 0 Å². The van der Waals surface area contributed by atoms with Gasteiger partial charge >= 0.3 is 0 Å². The molecule has 0 amide bonds. The van der Waals surface area contributed by atoms with Crippen molar-refractivity contribution < 1.29 is 9.84 Å². The Morgan fingerprint density at radius 3 is 2.33 bits per heavy atom. The third-order valence-electron chi connectivity index (χ3n) is 2.31. The molecule has 1 aromatic carbocycles. The zero-order valence-electron chi connectivity index (χ0n) is 9.60. The molecule has 0 fully saturated rings. The second-order valence-electron chi connectivity index (χ2n) is 4.55. The van der Waals surface area contributed by atoms with Gasteiger partial charge in [0.05, 0.1) is 13.7 Å². The Bertz CT molecular complexity index is 353. The first kappa shape index (κ1) is 12.5. The van der Waals surface area contributed by atoms with Crippen LogP contribution in [0.5, 0.6) is 5.75 Å². The van der Waals surface area contributed by atoms with E-state index < -0.39 is 0 Å². The molecule has 0 aliphatic carbocycles. The third kappa shape index (κ3) is 2.73. The summed E-state index contributed by atoms with van der Waals surface area (Å²) in [6.07, 6.45) is 0. The van der Waals surface area contributed by atoms with Crippen LogP contribution in [0.1, 0.15) is 31.9 Å². The van der Waals surface area contributed by atoms with E-state index in [1.807, 2.05) is 12.1 Å². The summed E-state index contributed by atoms with van der Waals surface area (Å²) in [5.74, 6) is 0.785. The predicted molar refractivity (Wildman–Crippen MR) is 65.3 cm³/mol. The molecule has 0 heterocycles. The summed E-state index contributed by atoms with van der Waals surface area (Å²) in [5, 5.41) is 9.26. The fourth-order valence-electron chi connectivity index (χ4n) is 1.57. The summed E-state index contributed by atoms with van der Waals surface area (Å²) in [6.45, 7) is 6.36. The van der Waals surface area contributed by atoms with E-state index in [2.05, 4.69) is 36.7 Å². The van der Waals surface area contributed by atoms with Gasteiger partial charge in [-0.2, -0.15) is 0 Å². The Labute approximate surface area is 99.4 Å². The minimum Gasteiger partial charge on any atom is -0.496 e. The summed E-state index contributed by atoms with van der Waals surface area (Å²) in [5.41, 5.74) is 1.92. The normalized spacial score (nSPS) is 11.6. The lowest BCUT2D eigenvalue weighted by atomic mass is 9.85. The second-order valence-corrected chi connectivity index (χ2v) is 5.47. The lowest BCUT2D eigenvalue weighted by molar-refractivity contribution is 0.272. The van der Waals surface area contributed by atoms with Gasteiger partial charge in [0.2, 0.25) is 0 Å². The van der Waals surface area contributed by atoms with Crippen LogP contribution in [0, 0.1) is 0 Å². The average Bonchev–Trinajstić information content (AvgIpc) is 2.15. The number of hydrogen-bond acceptors (Lipinski definition) is 2. The summed E-state index contributed by atoms with van der Waals surface area (Å²) in [4.78, 5) is 0. The van der Waals surface area contributed by atoms with Gasteiger partial charge in [0, 0.05) is 15.6 Å². The molecule has 0 saturated carbocycles. The number of hydrogen-bond donors (Lipinski definition) is 1. The highest BCUT2D eigenvalue weighted by atomic mass is 79.9. The number of methoxy groups -OCH3 is 1. The van der Waals surface area contributed by atoms with E-state index in [1.54, 1.807) is 7.11 Å². The molecule has 1 aromatic rings. The highest BCUT2D eigenvalue weighted by molar-refractivity contribution is 9.10. The summed E-state index contributed by atoms with van der Waals surface area (Å²) < 4.78 is 6.34. The SMILES string of the molecule is COc1c(CO)cc(Br)cc1C(C)(C)C. The largest absolute Gasteiger partial charge is 0.496 e. The van der Waals surface area contributed by atoms with Crippen molar-refractivity contribution in [1.82, 2.24) is 0 Å². The molecule has 3 heteroatoms.